The van der Waals surface area contributed by atoms with Gasteiger partial charge in [-0.25, -0.2) is 4.98 Å². The largest absolute Gasteiger partial charge is 0.374 e. The molecule has 6 nitrogen and oxygen atoms in total. The van der Waals surface area contributed by atoms with E-state index in [0.29, 0.717) is 30.7 Å². The van der Waals surface area contributed by atoms with Crippen LogP contribution in [0, 0.1) is 11.8 Å². The monoisotopic (exact) mass is 322 g/mol. The Labute approximate surface area is 138 Å². The molecular weight excluding hydrogens is 292 g/mol. The molecule has 0 saturated carbocycles. The summed E-state index contributed by atoms with van der Waals surface area (Å²) < 4.78 is 7.52. The molecule has 1 unspecified atom stereocenters. The van der Waals surface area contributed by atoms with Gasteiger partial charge in [0.1, 0.15) is 0 Å². The van der Waals surface area contributed by atoms with Gasteiger partial charge in [-0.1, -0.05) is 27.7 Å². The van der Waals surface area contributed by atoms with Crippen LogP contribution < -0.4 is 10.9 Å². The number of ether oxygens (including phenoxy) is 1. The van der Waals surface area contributed by atoms with Crippen LogP contribution in [-0.2, 0) is 11.3 Å². The number of aromatic nitrogens is 2. The second-order valence-electron chi connectivity index (χ2n) is 7.15. The van der Waals surface area contributed by atoms with E-state index in [4.69, 9.17) is 4.74 Å². The molecule has 1 N–H and O–H groups in total. The molecule has 0 aliphatic carbocycles. The predicted octanol–water partition coefficient (Wildman–Crippen LogP) is 1.67. The fourth-order valence-electron chi connectivity index (χ4n) is 2.90. The third kappa shape index (κ3) is 5.62. The first-order chi connectivity index (χ1) is 11.0. The van der Waals surface area contributed by atoms with E-state index < -0.39 is 0 Å². The average Bonchev–Trinajstić information content (AvgIpc) is 2.47. The lowest BCUT2D eigenvalue weighted by molar-refractivity contribution is -0.0244. The maximum Gasteiger partial charge on any atom is 0.293 e. The van der Waals surface area contributed by atoms with Crippen molar-refractivity contribution in [1.29, 1.82) is 0 Å². The highest BCUT2D eigenvalue weighted by atomic mass is 16.5. The van der Waals surface area contributed by atoms with E-state index in [9.17, 15) is 4.79 Å². The van der Waals surface area contributed by atoms with E-state index >= 15 is 0 Å². The van der Waals surface area contributed by atoms with Gasteiger partial charge in [-0.15, -0.1) is 0 Å². The molecular formula is C17H30N4O2. The van der Waals surface area contributed by atoms with Crippen molar-refractivity contribution in [3.05, 3.63) is 22.7 Å². The lowest BCUT2D eigenvalue weighted by Crippen LogP contribution is -2.46. The zero-order valence-electron chi connectivity index (χ0n) is 14.8. The SMILES string of the molecule is CC(C)CN1CCOC(CNc2nccn(CC(C)C)c2=O)C1. The molecule has 2 rings (SSSR count). The number of morpholine rings is 1. The molecule has 2 heterocycles. The molecule has 0 radical (unpaired) electrons. The first kappa shape index (κ1) is 17.9. The fraction of sp³-hybridized carbons (Fsp3) is 0.765. The van der Waals surface area contributed by atoms with Gasteiger partial charge in [-0.3, -0.25) is 9.69 Å². The highest BCUT2D eigenvalue weighted by Crippen LogP contribution is 2.08. The van der Waals surface area contributed by atoms with Gasteiger partial charge in [0.15, 0.2) is 5.82 Å². The van der Waals surface area contributed by atoms with Crippen molar-refractivity contribution >= 4 is 5.82 Å². The average molecular weight is 322 g/mol. The van der Waals surface area contributed by atoms with Gasteiger partial charge < -0.3 is 14.6 Å². The van der Waals surface area contributed by atoms with Gasteiger partial charge in [0.05, 0.1) is 12.7 Å². The molecule has 1 aromatic rings. The van der Waals surface area contributed by atoms with Crippen molar-refractivity contribution < 1.29 is 4.74 Å². The molecule has 23 heavy (non-hydrogen) atoms. The lowest BCUT2D eigenvalue weighted by Gasteiger charge is -2.34. The van der Waals surface area contributed by atoms with E-state index in [-0.39, 0.29) is 11.7 Å². The van der Waals surface area contributed by atoms with Crippen LogP contribution in [0.25, 0.3) is 0 Å². The van der Waals surface area contributed by atoms with Gasteiger partial charge in [-0.05, 0) is 11.8 Å². The van der Waals surface area contributed by atoms with Crippen LogP contribution in [0.5, 0.6) is 0 Å². The highest BCUT2D eigenvalue weighted by Gasteiger charge is 2.21. The second-order valence-corrected chi connectivity index (χ2v) is 7.15. The lowest BCUT2D eigenvalue weighted by atomic mass is 10.2. The molecule has 1 fully saturated rings. The van der Waals surface area contributed by atoms with Gasteiger partial charge >= 0.3 is 0 Å². The van der Waals surface area contributed by atoms with Gasteiger partial charge in [0.25, 0.3) is 5.56 Å². The topological polar surface area (TPSA) is 59.4 Å². The summed E-state index contributed by atoms with van der Waals surface area (Å²) in [6.45, 7) is 13.7. The van der Waals surface area contributed by atoms with E-state index in [1.54, 1.807) is 17.0 Å². The van der Waals surface area contributed by atoms with Crippen LogP contribution in [0.2, 0.25) is 0 Å². The molecule has 1 saturated heterocycles. The van der Waals surface area contributed by atoms with Crippen LogP contribution in [0.3, 0.4) is 0 Å². The van der Waals surface area contributed by atoms with Crippen molar-refractivity contribution in [3.8, 4) is 0 Å². The number of rotatable bonds is 7. The van der Waals surface area contributed by atoms with Gasteiger partial charge in [-0.2, -0.15) is 0 Å². The van der Waals surface area contributed by atoms with Crippen LogP contribution in [0.1, 0.15) is 27.7 Å². The van der Waals surface area contributed by atoms with Crippen molar-refractivity contribution in [2.24, 2.45) is 11.8 Å². The minimum atomic E-state index is -0.0592. The Balaban J connectivity index is 1.91. The zero-order valence-corrected chi connectivity index (χ0v) is 14.8. The fourth-order valence-corrected chi connectivity index (χ4v) is 2.90. The molecule has 0 spiro atoms. The molecule has 130 valence electrons. The summed E-state index contributed by atoms with van der Waals surface area (Å²) in [6, 6.07) is 0. The van der Waals surface area contributed by atoms with Crippen molar-refractivity contribution in [2.45, 2.75) is 40.3 Å². The summed E-state index contributed by atoms with van der Waals surface area (Å²) in [5.41, 5.74) is -0.0592. The molecule has 1 aliphatic rings. The van der Waals surface area contributed by atoms with E-state index in [1.165, 1.54) is 0 Å². The minimum Gasteiger partial charge on any atom is -0.374 e. The Kier molecular flexibility index (Phi) is 6.59. The number of anilines is 1. The third-order valence-electron chi connectivity index (χ3n) is 3.82. The van der Waals surface area contributed by atoms with Crippen molar-refractivity contribution in [3.63, 3.8) is 0 Å². The zero-order chi connectivity index (χ0) is 16.8. The van der Waals surface area contributed by atoms with Crippen LogP contribution >= 0.6 is 0 Å². The Morgan fingerprint density at radius 1 is 1.30 bits per heavy atom. The normalized spacial score (nSPS) is 19.5. The molecule has 1 atom stereocenters. The van der Waals surface area contributed by atoms with Crippen molar-refractivity contribution in [2.75, 3.05) is 38.1 Å². The molecule has 1 aliphatic heterocycles. The first-order valence-corrected chi connectivity index (χ1v) is 8.59. The second kappa shape index (κ2) is 8.45. The number of nitrogens with zero attached hydrogens (tertiary/aromatic N) is 3. The molecule has 0 amide bonds. The summed E-state index contributed by atoms with van der Waals surface area (Å²) in [6.07, 6.45) is 3.52. The molecule has 1 aromatic heterocycles. The van der Waals surface area contributed by atoms with Crippen LogP contribution in [0.4, 0.5) is 5.82 Å². The van der Waals surface area contributed by atoms with E-state index in [1.807, 2.05) is 0 Å². The first-order valence-electron chi connectivity index (χ1n) is 8.59. The summed E-state index contributed by atoms with van der Waals surface area (Å²) in [5, 5.41) is 3.17. The maximum absolute atomic E-state index is 12.4. The summed E-state index contributed by atoms with van der Waals surface area (Å²) >= 11 is 0. The van der Waals surface area contributed by atoms with Crippen molar-refractivity contribution in [1.82, 2.24) is 14.5 Å². The number of hydrogen-bond acceptors (Lipinski definition) is 5. The Bertz CT molecular complexity index is 542. The molecule has 0 bridgehead atoms. The van der Waals surface area contributed by atoms with Crippen LogP contribution in [0.15, 0.2) is 17.2 Å². The highest BCUT2D eigenvalue weighted by molar-refractivity contribution is 5.30. The predicted molar refractivity (Wildman–Crippen MR) is 92.8 cm³/mol. The summed E-state index contributed by atoms with van der Waals surface area (Å²) in [7, 11) is 0. The van der Waals surface area contributed by atoms with Gasteiger partial charge in [0, 0.05) is 45.1 Å². The smallest absolute Gasteiger partial charge is 0.293 e. The van der Waals surface area contributed by atoms with E-state index in [2.05, 4.69) is 42.9 Å². The molecule has 0 aromatic carbocycles. The molecule has 6 heteroatoms. The summed E-state index contributed by atoms with van der Waals surface area (Å²) in [4.78, 5) is 19.0. The standard InChI is InChI=1S/C17H30N4O2/c1-13(2)10-20-7-8-23-15(12-20)9-19-16-17(22)21(6-5-18-16)11-14(3)4/h5-6,13-15H,7-12H2,1-4H3,(H,18,19). The number of nitrogens with one attached hydrogen (secondary N) is 1. The Morgan fingerprint density at radius 2 is 2.04 bits per heavy atom. The summed E-state index contributed by atoms with van der Waals surface area (Å²) in [5.74, 6) is 1.49. The van der Waals surface area contributed by atoms with E-state index in [0.717, 1.165) is 26.2 Å². The Hall–Kier alpha value is -1.40. The van der Waals surface area contributed by atoms with Gasteiger partial charge in [0.2, 0.25) is 0 Å². The number of hydrogen-bond donors (Lipinski definition) is 1. The Morgan fingerprint density at radius 3 is 2.74 bits per heavy atom. The maximum atomic E-state index is 12.4. The quantitative estimate of drug-likeness (QED) is 0.827. The minimum absolute atomic E-state index is 0.0592. The van der Waals surface area contributed by atoms with Crippen LogP contribution in [-0.4, -0.2) is 53.3 Å². The third-order valence-corrected chi connectivity index (χ3v) is 3.82.